The monoisotopic (exact) mass is 1030 g/mol. The second kappa shape index (κ2) is 20.5. The van der Waals surface area contributed by atoms with Crippen LogP contribution in [-0.4, -0.2) is 169 Å². The van der Waals surface area contributed by atoms with Crippen LogP contribution in [0.5, 0.6) is 23.0 Å². The number of benzene rings is 4. The van der Waals surface area contributed by atoms with E-state index in [1.54, 1.807) is 30.3 Å². The van der Waals surface area contributed by atoms with Crippen LogP contribution in [0.15, 0.2) is 48.5 Å². The van der Waals surface area contributed by atoms with Crippen LogP contribution in [0.4, 0.5) is 10.5 Å². The van der Waals surface area contributed by atoms with E-state index in [0.717, 1.165) is 37.1 Å². The van der Waals surface area contributed by atoms with E-state index in [4.69, 9.17) is 28.4 Å². The number of nitrogens with zero attached hydrogens (tertiary/aromatic N) is 2. The van der Waals surface area contributed by atoms with Crippen LogP contribution >= 0.6 is 0 Å². The SMILES string of the molecule is COC(=O)[C@@H](C)NC(=O)c1c(C)c([N+](=O)[O-])c2c(c1O)-c1c(cc3c(c1O)C(=O)c1cc(OC)cc(O)c1C3=O)[C@H](O)[C@H]2O[C@@H]1O[C@H](C)[C@H](N(C)C(=O)OCc2ccccc2)[C@H](O[C@@H]2OC[C@@H](O)[C@H](O)[C@H]2O)[C@H]1O. The summed E-state index contributed by atoms with van der Waals surface area (Å²) in [5.74, 6) is -7.42. The van der Waals surface area contributed by atoms with Gasteiger partial charge in [-0.2, -0.15) is 0 Å². The molecule has 12 atom stereocenters. The molecule has 25 nitrogen and oxygen atoms in total. The first-order valence-electron chi connectivity index (χ1n) is 22.8. The molecule has 4 aromatic carbocycles. The summed E-state index contributed by atoms with van der Waals surface area (Å²) in [4.78, 5) is 82.1. The Hall–Kier alpha value is -7.33. The highest BCUT2D eigenvalue weighted by Gasteiger charge is 2.54. The second-order valence-electron chi connectivity index (χ2n) is 18.0. The highest BCUT2D eigenvalue weighted by Crippen LogP contribution is 2.59. The third-order valence-corrected chi connectivity index (χ3v) is 13.5. The number of nitro benzene ring substituents is 1. The molecule has 0 spiro atoms. The van der Waals surface area contributed by atoms with Crippen molar-refractivity contribution in [3.05, 3.63) is 109 Å². The minimum Gasteiger partial charge on any atom is -0.507 e. The van der Waals surface area contributed by atoms with Gasteiger partial charge in [-0.15, -0.1) is 0 Å². The molecular formula is C49H51N3O22. The predicted octanol–water partition coefficient (Wildman–Crippen LogP) is 1.43. The molecule has 25 heteroatoms. The molecule has 394 valence electrons. The van der Waals surface area contributed by atoms with Crippen LogP contribution in [0.25, 0.3) is 11.1 Å². The van der Waals surface area contributed by atoms with Crippen molar-refractivity contribution in [2.75, 3.05) is 27.9 Å². The summed E-state index contributed by atoms with van der Waals surface area (Å²) in [6.45, 7) is 2.85. The molecule has 2 saturated heterocycles. The second-order valence-corrected chi connectivity index (χ2v) is 18.0. The number of hydrogen-bond donors (Lipinski definition) is 9. The zero-order valence-electron chi connectivity index (χ0n) is 40.1. The van der Waals surface area contributed by atoms with E-state index in [2.05, 4.69) is 10.1 Å². The van der Waals surface area contributed by atoms with Gasteiger partial charge < -0.3 is 84.2 Å². The molecule has 0 saturated carbocycles. The van der Waals surface area contributed by atoms with Crippen LogP contribution in [0.2, 0.25) is 0 Å². The van der Waals surface area contributed by atoms with Gasteiger partial charge in [-0.3, -0.25) is 24.5 Å². The zero-order chi connectivity index (χ0) is 53.9. The predicted molar refractivity (Wildman–Crippen MR) is 247 cm³/mol. The number of esters is 1. The fourth-order valence-electron chi connectivity index (χ4n) is 9.83. The van der Waals surface area contributed by atoms with Crippen molar-refractivity contribution in [2.24, 2.45) is 0 Å². The Labute approximate surface area is 419 Å². The Morgan fingerprint density at radius 2 is 1.54 bits per heavy atom. The Balaban J connectivity index is 1.28. The number of hydrogen-bond acceptors (Lipinski definition) is 22. The first-order chi connectivity index (χ1) is 35.0. The zero-order valence-corrected chi connectivity index (χ0v) is 40.1. The maximum Gasteiger partial charge on any atom is 0.410 e. The topological polar surface area (TPSA) is 370 Å². The Kier molecular flexibility index (Phi) is 14.7. The minimum atomic E-state index is -2.29. The molecule has 74 heavy (non-hydrogen) atoms. The van der Waals surface area contributed by atoms with Crippen molar-refractivity contribution >= 4 is 35.2 Å². The van der Waals surface area contributed by atoms with Gasteiger partial charge in [0.1, 0.15) is 78.4 Å². The lowest BCUT2D eigenvalue weighted by atomic mass is 9.73. The van der Waals surface area contributed by atoms with Crippen LogP contribution < -0.4 is 10.1 Å². The first-order valence-corrected chi connectivity index (χ1v) is 22.8. The summed E-state index contributed by atoms with van der Waals surface area (Å²) in [5.41, 5.74) is -7.04. The highest BCUT2D eigenvalue weighted by atomic mass is 16.7. The first kappa shape index (κ1) is 53.0. The number of nitrogens with one attached hydrogen (secondary N) is 1. The van der Waals surface area contributed by atoms with Crippen LogP contribution in [0.3, 0.4) is 0 Å². The summed E-state index contributed by atoms with van der Waals surface area (Å²) in [7, 11) is 3.50. The van der Waals surface area contributed by atoms with Crippen molar-refractivity contribution in [3.8, 4) is 34.1 Å². The molecule has 4 aromatic rings. The van der Waals surface area contributed by atoms with E-state index >= 15 is 0 Å². The number of carbonyl (C=O) groups is 5. The van der Waals surface area contributed by atoms with Crippen LogP contribution in [-0.2, 0) is 39.8 Å². The number of aliphatic hydroxyl groups is 5. The number of aromatic hydroxyl groups is 3. The highest BCUT2D eigenvalue weighted by molar-refractivity contribution is 6.31. The van der Waals surface area contributed by atoms with Gasteiger partial charge >= 0.3 is 12.1 Å². The van der Waals surface area contributed by atoms with Crippen molar-refractivity contribution in [1.82, 2.24) is 10.2 Å². The number of methoxy groups -OCH3 is 2. The third-order valence-electron chi connectivity index (χ3n) is 13.5. The number of rotatable bonds is 12. The number of carbonyl (C=O) groups excluding carboxylic acids is 5. The summed E-state index contributed by atoms with van der Waals surface area (Å²) in [5, 5.41) is 108. The summed E-state index contributed by atoms with van der Waals surface area (Å²) < 4.78 is 39.5. The van der Waals surface area contributed by atoms with Crippen molar-refractivity contribution in [3.63, 3.8) is 0 Å². The number of amides is 2. The quantitative estimate of drug-likeness (QED) is 0.0485. The Bertz CT molecular complexity index is 2950. The van der Waals surface area contributed by atoms with Gasteiger partial charge in [-0.05, 0) is 44.0 Å². The molecule has 2 fully saturated rings. The number of aliphatic hydroxyl groups excluding tert-OH is 5. The average Bonchev–Trinajstić information content (AvgIpc) is 3.36. The van der Waals surface area contributed by atoms with Gasteiger partial charge in [-0.25, -0.2) is 9.59 Å². The fourth-order valence-corrected chi connectivity index (χ4v) is 9.83. The third kappa shape index (κ3) is 9.00. The number of ketones is 2. The smallest absolute Gasteiger partial charge is 0.410 e. The van der Waals surface area contributed by atoms with Crippen LogP contribution in [0, 0.1) is 17.0 Å². The van der Waals surface area contributed by atoms with Crippen LogP contribution in [0.1, 0.15) is 90.5 Å². The molecule has 0 aromatic heterocycles. The molecule has 0 bridgehead atoms. The minimum absolute atomic E-state index is 0.0708. The summed E-state index contributed by atoms with van der Waals surface area (Å²) in [6, 6.07) is 8.82. The molecule has 0 unspecified atom stereocenters. The summed E-state index contributed by atoms with van der Waals surface area (Å²) in [6.07, 6.45) is -20.0. The van der Waals surface area contributed by atoms with Crippen molar-refractivity contribution in [2.45, 2.75) is 101 Å². The molecule has 9 N–H and O–H groups in total. The average molecular weight is 1030 g/mol. The van der Waals surface area contributed by atoms with Gasteiger partial charge in [-0.1, -0.05) is 30.3 Å². The number of ether oxygens (including phenoxy) is 7. The molecule has 4 aliphatic rings. The maximum atomic E-state index is 14.3. The van der Waals surface area contributed by atoms with E-state index in [1.165, 1.54) is 28.0 Å². The lowest BCUT2D eigenvalue weighted by molar-refractivity contribution is -0.388. The summed E-state index contributed by atoms with van der Waals surface area (Å²) >= 11 is 0. The van der Waals surface area contributed by atoms with E-state index < -0.39 is 193 Å². The Morgan fingerprint density at radius 3 is 2.19 bits per heavy atom. The van der Waals surface area contributed by atoms with Crippen molar-refractivity contribution < 1.29 is 103 Å². The van der Waals surface area contributed by atoms with Gasteiger partial charge in [0, 0.05) is 40.9 Å². The van der Waals surface area contributed by atoms with E-state index in [0.29, 0.717) is 5.56 Å². The molecule has 8 rings (SSSR count). The number of phenolic OH excluding ortho intramolecular Hbond substituents is 3. The van der Waals surface area contributed by atoms with Crippen molar-refractivity contribution in [1.29, 1.82) is 0 Å². The molecule has 2 heterocycles. The molecule has 2 aliphatic heterocycles. The lowest BCUT2D eigenvalue weighted by Crippen LogP contribution is -2.66. The number of phenols is 3. The standard InChI is InChI=1S/C49H51N3O22/c1-17-27(45(63)50-18(2)46(64)69-6)39(59)31-29-23(14-24-30(40(29)60)36(56)22-12-21(68-5)13-25(53)28(22)35(24)55)37(57)43(32(31)33(17)52(66)67)73-48-42(62)44(74-47-41(61)38(58)26(54)16-70-47)34(19(3)72-48)51(4)49(65)71-15-20-10-8-7-9-11-20/h7-14,18-19,26,34,37-38,41-44,47-48,53-54,57-62H,15-16H2,1-6H3,(H,50,63)/t18-,19-,26-,34+,37+,38+,41-,42-,43+,44+,47+,48+/m1/s1. The maximum absolute atomic E-state index is 14.3. The molecule has 2 aliphatic carbocycles. The van der Waals surface area contributed by atoms with E-state index in [9.17, 15) is 74.9 Å². The number of fused-ring (bicyclic) bond motifs is 5. The van der Waals surface area contributed by atoms with Gasteiger partial charge in [0.05, 0.1) is 60.1 Å². The molecule has 0 radical (unpaired) electrons. The van der Waals surface area contributed by atoms with E-state index in [1.807, 2.05) is 0 Å². The van der Waals surface area contributed by atoms with Gasteiger partial charge in [0.2, 0.25) is 0 Å². The van der Waals surface area contributed by atoms with Gasteiger partial charge in [0.15, 0.2) is 24.1 Å². The fraction of sp³-hybridized carbons (Fsp3) is 0.408. The van der Waals surface area contributed by atoms with Gasteiger partial charge in [0.25, 0.3) is 11.6 Å². The Morgan fingerprint density at radius 1 is 0.878 bits per heavy atom. The molecular weight excluding hydrogens is 983 g/mol. The lowest BCUT2D eigenvalue weighted by Gasteiger charge is -2.49. The number of likely N-dealkylation sites (N-methyl/N-ethyl adjacent to an activating group) is 1. The normalized spacial score (nSPS) is 26.3. The van der Waals surface area contributed by atoms with E-state index in [-0.39, 0.29) is 12.4 Å². The molecule has 2 amide bonds. The largest absolute Gasteiger partial charge is 0.507 e. The number of nitro groups is 1.